The van der Waals surface area contributed by atoms with Gasteiger partial charge < -0.3 is 19.1 Å². The van der Waals surface area contributed by atoms with Crippen LogP contribution < -0.4 is 9.64 Å². The van der Waals surface area contributed by atoms with Crippen molar-refractivity contribution in [2.45, 2.75) is 63.9 Å². The van der Waals surface area contributed by atoms with Crippen molar-refractivity contribution in [2.24, 2.45) is 0 Å². The van der Waals surface area contributed by atoms with Gasteiger partial charge in [-0.25, -0.2) is 4.79 Å². The number of likely N-dealkylation sites (tertiary alicyclic amines) is 1. The van der Waals surface area contributed by atoms with Crippen molar-refractivity contribution in [3.8, 4) is 5.75 Å². The Balaban J connectivity index is 1.83. The van der Waals surface area contributed by atoms with Crippen LogP contribution in [0.4, 0.5) is 10.5 Å². The van der Waals surface area contributed by atoms with Gasteiger partial charge in [0.1, 0.15) is 18.1 Å². The first-order valence-corrected chi connectivity index (χ1v) is 14.6. The molecule has 2 heterocycles. The van der Waals surface area contributed by atoms with Crippen LogP contribution >= 0.6 is 0 Å². The molecular formula is C23H36N2O5Si. The molecule has 1 unspecified atom stereocenters. The first kappa shape index (κ1) is 23.6. The third-order valence-electron chi connectivity index (χ3n) is 5.80. The third kappa shape index (κ3) is 5.06. The van der Waals surface area contributed by atoms with E-state index in [1.807, 2.05) is 39.0 Å². The highest BCUT2D eigenvalue weighted by atomic mass is 28.3. The molecule has 2 aliphatic rings. The molecule has 3 rings (SSSR count). The van der Waals surface area contributed by atoms with Gasteiger partial charge in [-0.05, 0) is 57.0 Å². The standard InChI is InChI=1S/C23H36N2O5Si/c1-22(2,3)30-21(27)24-11-10-23(15-24)18-14-17(28-4)8-9-19(18)25(20(23)26)16-29-12-13-31(5,6)7/h8-9,14H,10-13,15-16H2,1-7H3. The number of nitrogens with zero attached hydrogens (tertiary/aromatic N) is 2. The summed E-state index contributed by atoms with van der Waals surface area (Å²) in [4.78, 5) is 29.7. The van der Waals surface area contributed by atoms with E-state index >= 15 is 0 Å². The second-order valence-electron chi connectivity index (χ2n) is 10.7. The van der Waals surface area contributed by atoms with E-state index in [9.17, 15) is 9.59 Å². The van der Waals surface area contributed by atoms with Gasteiger partial charge in [0.05, 0.1) is 18.2 Å². The monoisotopic (exact) mass is 448 g/mol. The summed E-state index contributed by atoms with van der Waals surface area (Å²) in [5.41, 5.74) is 0.369. The topological polar surface area (TPSA) is 68.3 Å². The van der Waals surface area contributed by atoms with Gasteiger partial charge >= 0.3 is 6.09 Å². The summed E-state index contributed by atoms with van der Waals surface area (Å²) in [7, 11) is 0.403. The average molecular weight is 449 g/mol. The predicted molar refractivity (Wildman–Crippen MR) is 124 cm³/mol. The van der Waals surface area contributed by atoms with Crippen molar-refractivity contribution in [3.63, 3.8) is 0 Å². The van der Waals surface area contributed by atoms with E-state index < -0.39 is 19.1 Å². The maximum absolute atomic E-state index is 13.7. The molecule has 1 aromatic carbocycles. The summed E-state index contributed by atoms with van der Waals surface area (Å²) >= 11 is 0. The van der Waals surface area contributed by atoms with E-state index in [0.29, 0.717) is 31.9 Å². The van der Waals surface area contributed by atoms with Crippen LogP contribution in [0.15, 0.2) is 18.2 Å². The highest BCUT2D eigenvalue weighted by Gasteiger charge is 2.55. The number of carbonyl (C=O) groups excluding carboxylic acids is 2. The first-order valence-electron chi connectivity index (χ1n) is 10.9. The number of anilines is 1. The fourth-order valence-corrected chi connectivity index (χ4v) is 4.85. The van der Waals surface area contributed by atoms with E-state index in [2.05, 4.69) is 19.6 Å². The lowest BCUT2D eigenvalue weighted by Gasteiger charge is -2.27. The van der Waals surface area contributed by atoms with Crippen molar-refractivity contribution >= 4 is 25.8 Å². The number of methoxy groups -OCH3 is 1. The molecule has 0 bridgehead atoms. The maximum atomic E-state index is 13.7. The molecule has 1 aromatic rings. The lowest BCUT2D eigenvalue weighted by atomic mass is 9.81. The fraction of sp³-hybridized carbons (Fsp3) is 0.652. The summed E-state index contributed by atoms with van der Waals surface area (Å²) in [5, 5.41) is 0. The van der Waals surface area contributed by atoms with Crippen LogP contribution in [0.2, 0.25) is 25.7 Å². The molecule has 0 aliphatic carbocycles. The molecule has 172 valence electrons. The Morgan fingerprint density at radius 1 is 1.23 bits per heavy atom. The molecule has 1 fully saturated rings. The Morgan fingerprint density at radius 3 is 2.55 bits per heavy atom. The Labute approximate surface area is 186 Å². The van der Waals surface area contributed by atoms with E-state index in [4.69, 9.17) is 14.2 Å². The maximum Gasteiger partial charge on any atom is 0.410 e. The second kappa shape index (κ2) is 8.46. The van der Waals surface area contributed by atoms with Crippen molar-refractivity contribution in [2.75, 3.05) is 38.4 Å². The number of hydrogen-bond donors (Lipinski definition) is 0. The second-order valence-corrected chi connectivity index (χ2v) is 16.3. The summed E-state index contributed by atoms with van der Waals surface area (Å²) in [6, 6.07) is 6.75. The fourth-order valence-electron chi connectivity index (χ4n) is 4.09. The smallest absolute Gasteiger partial charge is 0.410 e. The van der Waals surface area contributed by atoms with Gasteiger partial charge in [0.15, 0.2) is 0 Å². The van der Waals surface area contributed by atoms with Crippen LogP contribution in [-0.2, 0) is 19.7 Å². The minimum atomic E-state index is -1.21. The molecule has 2 aliphatic heterocycles. The summed E-state index contributed by atoms with van der Waals surface area (Å²) in [6.45, 7) is 14.1. The van der Waals surface area contributed by atoms with Crippen molar-refractivity contribution < 1.29 is 23.8 Å². The number of benzene rings is 1. The number of fused-ring (bicyclic) bond motifs is 2. The molecule has 0 aromatic heterocycles. The van der Waals surface area contributed by atoms with E-state index in [1.54, 1.807) is 16.9 Å². The SMILES string of the molecule is COc1ccc2c(c1)C1(CCN(C(=O)OC(C)(C)C)C1)C(=O)N2COCC[Si](C)(C)C. The highest BCUT2D eigenvalue weighted by molar-refractivity contribution is 6.76. The average Bonchev–Trinajstić information content (AvgIpc) is 3.20. The van der Waals surface area contributed by atoms with Gasteiger partial charge in [0, 0.05) is 27.8 Å². The largest absolute Gasteiger partial charge is 0.497 e. The third-order valence-corrected chi connectivity index (χ3v) is 7.51. The molecule has 8 heteroatoms. The summed E-state index contributed by atoms with van der Waals surface area (Å²) < 4.78 is 16.9. The van der Waals surface area contributed by atoms with E-state index in [1.165, 1.54) is 0 Å². The normalized spacial score (nSPS) is 21.1. The minimum Gasteiger partial charge on any atom is -0.497 e. The molecule has 1 spiro atoms. The quantitative estimate of drug-likeness (QED) is 0.481. The van der Waals surface area contributed by atoms with Crippen LogP contribution in [0.1, 0.15) is 32.8 Å². The molecule has 1 atom stereocenters. The zero-order valence-corrected chi connectivity index (χ0v) is 20.9. The molecule has 0 radical (unpaired) electrons. The Hall–Kier alpha value is -2.06. The number of hydrogen-bond acceptors (Lipinski definition) is 5. The lowest BCUT2D eigenvalue weighted by molar-refractivity contribution is -0.123. The molecule has 0 saturated carbocycles. The van der Waals surface area contributed by atoms with Crippen LogP contribution in [0.3, 0.4) is 0 Å². The molecular weight excluding hydrogens is 412 g/mol. The van der Waals surface area contributed by atoms with Crippen LogP contribution in [0, 0.1) is 0 Å². The Kier molecular flexibility index (Phi) is 6.44. The summed E-state index contributed by atoms with van der Waals surface area (Å²) in [5.74, 6) is 0.679. The van der Waals surface area contributed by atoms with Gasteiger partial charge in [-0.2, -0.15) is 0 Å². The number of carbonyl (C=O) groups is 2. The summed E-state index contributed by atoms with van der Waals surface area (Å²) in [6.07, 6.45) is 0.169. The molecule has 0 N–H and O–H groups in total. The van der Waals surface area contributed by atoms with Gasteiger partial charge in [0.2, 0.25) is 5.91 Å². The Bertz CT molecular complexity index is 845. The van der Waals surface area contributed by atoms with Gasteiger partial charge in [0.25, 0.3) is 0 Å². The van der Waals surface area contributed by atoms with Crippen LogP contribution in [0.25, 0.3) is 0 Å². The highest BCUT2D eigenvalue weighted by Crippen LogP contribution is 2.48. The molecule has 1 saturated heterocycles. The number of ether oxygens (including phenoxy) is 3. The predicted octanol–water partition coefficient (Wildman–Crippen LogP) is 4.23. The van der Waals surface area contributed by atoms with Crippen LogP contribution in [0.5, 0.6) is 5.75 Å². The number of rotatable bonds is 6. The minimum absolute atomic E-state index is 0.0187. The van der Waals surface area contributed by atoms with Crippen molar-refractivity contribution in [3.05, 3.63) is 23.8 Å². The first-order chi connectivity index (χ1) is 14.4. The zero-order valence-electron chi connectivity index (χ0n) is 19.9. The van der Waals surface area contributed by atoms with Gasteiger partial charge in [-0.3, -0.25) is 9.69 Å². The van der Waals surface area contributed by atoms with Crippen molar-refractivity contribution in [1.82, 2.24) is 4.90 Å². The number of amides is 2. The lowest BCUT2D eigenvalue weighted by Crippen LogP contribution is -2.44. The molecule has 31 heavy (non-hydrogen) atoms. The van der Waals surface area contributed by atoms with Crippen molar-refractivity contribution in [1.29, 1.82) is 0 Å². The van der Waals surface area contributed by atoms with Crippen LogP contribution in [-0.4, -0.2) is 64.1 Å². The molecule has 2 amide bonds. The van der Waals surface area contributed by atoms with Gasteiger partial charge in [-0.15, -0.1) is 0 Å². The van der Waals surface area contributed by atoms with Gasteiger partial charge in [-0.1, -0.05) is 19.6 Å². The molecule has 7 nitrogen and oxygen atoms in total. The van der Waals surface area contributed by atoms with E-state index in [0.717, 1.165) is 17.3 Å². The zero-order chi connectivity index (χ0) is 23.0. The van der Waals surface area contributed by atoms with E-state index in [-0.39, 0.29) is 18.7 Å². The Morgan fingerprint density at radius 2 is 1.94 bits per heavy atom.